The highest BCUT2D eigenvalue weighted by atomic mass is 16.5. The molecule has 0 radical (unpaired) electrons. The van der Waals surface area contributed by atoms with Crippen LogP contribution < -0.4 is 0 Å². The summed E-state index contributed by atoms with van der Waals surface area (Å²) in [6, 6.07) is 13.7. The molecule has 0 aliphatic rings. The number of methoxy groups -OCH3 is 1. The zero-order chi connectivity index (χ0) is 17.2. The lowest BCUT2D eigenvalue weighted by molar-refractivity contribution is 0.180. The molecule has 0 atom stereocenters. The molecule has 2 rings (SSSR count). The molecule has 0 spiro atoms. The van der Waals surface area contributed by atoms with Crippen LogP contribution >= 0.6 is 0 Å². The predicted octanol–water partition coefficient (Wildman–Crippen LogP) is 4.43. The minimum Gasteiger partial charge on any atom is -0.378 e. The molecule has 122 valence electrons. The summed E-state index contributed by atoms with van der Waals surface area (Å²) in [6.45, 7) is 6.20. The Bertz CT molecular complexity index is 744. The summed E-state index contributed by atoms with van der Waals surface area (Å²) in [4.78, 5) is 4.70. The average Bonchev–Trinajstić information content (AvgIpc) is 2.62. The summed E-state index contributed by atoms with van der Waals surface area (Å²) in [7, 11) is 1.63. The molecule has 0 bridgehead atoms. The first-order chi connectivity index (χ1) is 11.8. The molecule has 2 aromatic rings. The van der Waals surface area contributed by atoms with Crippen LogP contribution in [0.1, 0.15) is 18.2 Å². The van der Waals surface area contributed by atoms with E-state index in [4.69, 9.17) is 9.73 Å². The van der Waals surface area contributed by atoms with Crippen LogP contribution in [0, 0.1) is 0 Å². The molecule has 4 heteroatoms. The van der Waals surface area contributed by atoms with E-state index in [1.807, 2.05) is 67.6 Å². The van der Waals surface area contributed by atoms with Crippen LogP contribution in [0.4, 0.5) is 5.82 Å². The quantitative estimate of drug-likeness (QED) is 0.560. The Hall–Kier alpha value is -2.85. The highest BCUT2D eigenvalue weighted by molar-refractivity contribution is 6.15. The summed E-state index contributed by atoms with van der Waals surface area (Å²) in [5.74, 6) is 0.549. The van der Waals surface area contributed by atoms with Gasteiger partial charge >= 0.3 is 0 Å². The van der Waals surface area contributed by atoms with Crippen molar-refractivity contribution in [2.24, 2.45) is 4.99 Å². The molecule has 0 aliphatic carbocycles. The van der Waals surface area contributed by atoms with Gasteiger partial charge < -0.3 is 4.74 Å². The van der Waals surface area contributed by atoms with Crippen molar-refractivity contribution in [1.29, 1.82) is 0 Å². The normalized spacial score (nSPS) is 12.6. The van der Waals surface area contributed by atoms with Crippen molar-refractivity contribution >= 4 is 11.5 Å². The lowest BCUT2D eigenvalue weighted by atomic mass is 10.0. The molecule has 24 heavy (non-hydrogen) atoms. The van der Waals surface area contributed by atoms with Gasteiger partial charge in [0.15, 0.2) is 5.82 Å². The van der Waals surface area contributed by atoms with Crippen LogP contribution in [0.25, 0.3) is 0 Å². The van der Waals surface area contributed by atoms with E-state index in [-0.39, 0.29) is 0 Å². The molecule has 1 aromatic heterocycles. The zero-order valence-corrected chi connectivity index (χ0v) is 14.0. The van der Waals surface area contributed by atoms with Crippen LogP contribution in [0.2, 0.25) is 0 Å². The van der Waals surface area contributed by atoms with Gasteiger partial charge in [-0.3, -0.25) is 0 Å². The van der Waals surface area contributed by atoms with Gasteiger partial charge in [-0.25, -0.2) is 4.99 Å². The Labute approximate surface area is 142 Å². The molecule has 0 aliphatic heterocycles. The predicted molar refractivity (Wildman–Crippen MR) is 98.5 cm³/mol. The molecule has 4 nitrogen and oxygen atoms in total. The second-order valence-corrected chi connectivity index (χ2v) is 5.00. The van der Waals surface area contributed by atoms with Gasteiger partial charge in [0.05, 0.1) is 18.0 Å². The van der Waals surface area contributed by atoms with Crippen LogP contribution in [0.3, 0.4) is 0 Å². The van der Waals surface area contributed by atoms with Crippen molar-refractivity contribution in [2.75, 3.05) is 7.11 Å². The fourth-order valence-corrected chi connectivity index (χ4v) is 2.16. The van der Waals surface area contributed by atoms with E-state index in [1.165, 1.54) is 0 Å². The highest BCUT2D eigenvalue weighted by Crippen LogP contribution is 2.17. The third kappa shape index (κ3) is 4.83. The maximum absolute atomic E-state index is 5.05. The van der Waals surface area contributed by atoms with Crippen molar-refractivity contribution in [3.8, 4) is 0 Å². The maximum atomic E-state index is 5.05. The van der Waals surface area contributed by atoms with Gasteiger partial charge in [-0.1, -0.05) is 61.2 Å². The van der Waals surface area contributed by atoms with Crippen molar-refractivity contribution in [3.05, 3.63) is 90.2 Å². The lowest BCUT2D eigenvalue weighted by Gasteiger charge is -2.08. The maximum Gasteiger partial charge on any atom is 0.175 e. The third-order valence-corrected chi connectivity index (χ3v) is 3.19. The second-order valence-electron chi connectivity index (χ2n) is 5.00. The SMILES string of the molecule is C=C/C=C(\C=C/C)C(=Nc1ccc(COC)nn1)c1ccccc1. The van der Waals surface area contributed by atoms with Gasteiger partial charge in [0.25, 0.3) is 0 Å². The first-order valence-electron chi connectivity index (χ1n) is 7.70. The highest BCUT2D eigenvalue weighted by Gasteiger charge is 2.08. The number of hydrogen-bond acceptors (Lipinski definition) is 4. The summed E-state index contributed by atoms with van der Waals surface area (Å²) in [6.07, 6.45) is 7.65. The van der Waals surface area contributed by atoms with Crippen molar-refractivity contribution in [1.82, 2.24) is 10.2 Å². The standard InChI is InChI=1S/C20H21N3O/c1-4-9-16(10-5-2)20(17-11-7-6-8-12-17)21-19-14-13-18(15-24-3)22-23-19/h4-14H,1,15H2,2-3H3/b10-5-,16-9+,21-20?. The lowest BCUT2D eigenvalue weighted by Crippen LogP contribution is -2.04. The molecule has 0 N–H and O–H groups in total. The zero-order valence-electron chi connectivity index (χ0n) is 14.0. The Morgan fingerprint density at radius 2 is 1.96 bits per heavy atom. The molecule has 0 saturated carbocycles. The fraction of sp³-hybridized carbons (Fsp3) is 0.150. The minimum atomic E-state index is 0.433. The number of nitrogens with zero attached hydrogens (tertiary/aromatic N) is 3. The Morgan fingerprint density at radius 3 is 2.54 bits per heavy atom. The topological polar surface area (TPSA) is 47.4 Å². The largest absolute Gasteiger partial charge is 0.378 e. The van der Waals surface area contributed by atoms with Crippen LogP contribution in [0.5, 0.6) is 0 Å². The van der Waals surface area contributed by atoms with E-state index < -0.39 is 0 Å². The average molecular weight is 319 g/mol. The van der Waals surface area contributed by atoms with Crippen molar-refractivity contribution in [2.45, 2.75) is 13.5 Å². The summed E-state index contributed by atoms with van der Waals surface area (Å²) >= 11 is 0. The number of hydrogen-bond donors (Lipinski definition) is 0. The third-order valence-electron chi connectivity index (χ3n) is 3.19. The van der Waals surface area contributed by atoms with Gasteiger partial charge in [0.2, 0.25) is 0 Å². The number of benzene rings is 1. The first-order valence-corrected chi connectivity index (χ1v) is 7.70. The smallest absolute Gasteiger partial charge is 0.175 e. The summed E-state index contributed by atoms with van der Waals surface area (Å²) in [5, 5.41) is 8.30. The Morgan fingerprint density at radius 1 is 1.17 bits per heavy atom. The van der Waals surface area contributed by atoms with E-state index in [2.05, 4.69) is 16.8 Å². The molecule has 0 saturated heterocycles. The number of aliphatic imine (C=N–C) groups is 1. The first kappa shape index (κ1) is 17.5. The van der Waals surface area contributed by atoms with Gasteiger partial charge in [0, 0.05) is 18.2 Å². The second kappa shape index (κ2) is 9.33. The number of aromatic nitrogens is 2. The summed E-state index contributed by atoms with van der Waals surface area (Å²) in [5.41, 5.74) is 3.56. The van der Waals surface area contributed by atoms with E-state index in [9.17, 15) is 0 Å². The van der Waals surface area contributed by atoms with Crippen molar-refractivity contribution in [3.63, 3.8) is 0 Å². The van der Waals surface area contributed by atoms with Crippen LogP contribution in [0.15, 0.2) is 83.9 Å². The molecule has 1 aromatic carbocycles. The molecule has 1 heterocycles. The van der Waals surface area contributed by atoms with Gasteiger partial charge in [-0.2, -0.15) is 5.10 Å². The number of allylic oxidation sites excluding steroid dienone is 5. The molecular weight excluding hydrogens is 298 g/mol. The van der Waals surface area contributed by atoms with Gasteiger partial charge in [-0.05, 0) is 19.1 Å². The van der Waals surface area contributed by atoms with E-state index in [0.717, 1.165) is 22.5 Å². The van der Waals surface area contributed by atoms with Crippen LogP contribution in [-0.2, 0) is 11.3 Å². The number of ether oxygens (including phenoxy) is 1. The van der Waals surface area contributed by atoms with Gasteiger partial charge in [-0.15, -0.1) is 5.10 Å². The fourth-order valence-electron chi connectivity index (χ4n) is 2.16. The van der Waals surface area contributed by atoms with E-state index >= 15 is 0 Å². The molecule has 0 amide bonds. The van der Waals surface area contributed by atoms with E-state index in [1.54, 1.807) is 13.2 Å². The van der Waals surface area contributed by atoms with Gasteiger partial charge in [0.1, 0.15) is 0 Å². The number of rotatable bonds is 7. The minimum absolute atomic E-state index is 0.433. The Kier molecular flexibility index (Phi) is 6.80. The van der Waals surface area contributed by atoms with E-state index in [0.29, 0.717) is 12.4 Å². The molecule has 0 fully saturated rings. The van der Waals surface area contributed by atoms with Crippen molar-refractivity contribution < 1.29 is 4.74 Å². The molecule has 0 unspecified atom stereocenters. The monoisotopic (exact) mass is 319 g/mol. The van der Waals surface area contributed by atoms with Crippen LogP contribution in [-0.4, -0.2) is 23.0 Å². The Balaban J connectivity index is 2.48. The summed E-state index contributed by atoms with van der Waals surface area (Å²) < 4.78 is 5.05. The molecular formula is C20H21N3O.